The van der Waals surface area contributed by atoms with Crippen LogP contribution in [0.4, 0.5) is 0 Å². The Balaban J connectivity index is -0.000000170. The van der Waals surface area contributed by atoms with Crippen LogP contribution in [0.2, 0.25) is 0 Å². The Labute approximate surface area is 1170 Å². The van der Waals surface area contributed by atoms with E-state index in [1.165, 1.54) is 110 Å². The molecule has 0 bridgehead atoms. The minimum Gasteiger partial charge on any atom is -0.344 e. The van der Waals surface area contributed by atoms with Crippen LogP contribution in [0, 0.1) is 170 Å². The summed E-state index contributed by atoms with van der Waals surface area (Å²) in [6, 6.07) is 143. The van der Waals surface area contributed by atoms with Gasteiger partial charge in [0.15, 0.2) is 0 Å². The molecule has 2 nitrogen and oxygen atoms in total. The SMILES string of the molecule is CC.CC.CC.CC.CC.CC.CC.CC.Cc1[c-]c(-c2[c-]c(C)ccc2)ccc1.Cc1c[c-]c(-c2[c-]cc(C)cc2)cc1.Cc1c[c-]c(-c2[c-]ccc(C)c2)cc1.Cc1c[c-]c(-c2[c-]cccc2C)cc1.Cc1cc[c-]c(-c2[c-]cccc2C)c1.Cc1ccc2c3ccccc3n(C)c2c1.Cc1ccc[c-]c1-c1[c-]cccc1C.Cc1cccc2c3ccccc3n(C)c12.[Y].[Y].[Y].[Y].[Y].[Y].[Y].[Y].[Y].[Y].[Y].[Y]. The van der Waals surface area contributed by atoms with Crippen LogP contribution in [0.3, 0.4) is 0 Å². The third-order valence-electron chi connectivity index (χ3n) is 19.8. The molecule has 0 aliphatic heterocycles. The third kappa shape index (κ3) is 55.6. The van der Waals surface area contributed by atoms with E-state index in [4.69, 9.17) is 0 Å². The van der Waals surface area contributed by atoms with Crippen molar-refractivity contribution in [3.63, 3.8) is 0 Å². The molecule has 0 aliphatic carbocycles. The molecule has 0 amide bonds. The molecule has 0 saturated carbocycles. The maximum Gasteiger partial charge on any atom is 0.0518 e. The Morgan fingerprint density at radius 1 is 0.176 bits per heavy atom. The normalized spacial score (nSPS) is 8.73. The molecule has 0 spiro atoms. The minimum absolute atomic E-state index is 0. The number of hydrogen-bond donors (Lipinski definition) is 0. The van der Waals surface area contributed by atoms with Gasteiger partial charge in [-0.1, -0.05) is 261 Å². The molecule has 14 heteroatoms. The van der Waals surface area contributed by atoms with Crippen LogP contribution >= 0.6 is 0 Å². The van der Waals surface area contributed by atoms with Gasteiger partial charge in [-0.3, -0.25) is 0 Å². The molecule has 18 aromatic rings. The fourth-order valence-electron chi connectivity index (χ4n) is 13.5. The Hall–Kier alpha value is 0.367. The van der Waals surface area contributed by atoms with Crippen molar-refractivity contribution in [3.05, 3.63) is 454 Å². The first-order chi connectivity index (χ1) is 63.2. The van der Waals surface area contributed by atoms with Crippen LogP contribution in [0.15, 0.2) is 303 Å². The molecule has 16 aromatic carbocycles. The van der Waals surface area contributed by atoms with Crippen molar-refractivity contribution in [2.75, 3.05) is 0 Å². The second-order valence-corrected chi connectivity index (χ2v) is 29.2. The van der Waals surface area contributed by atoms with Crippen molar-refractivity contribution < 1.29 is 393 Å². The monoisotopic (exact) mass is 2780 g/mol. The summed E-state index contributed by atoms with van der Waals surface area (Å²) in [4.78, 5) is 0. The van der Waals surface area contributed by atoms with E-state index < -0.39 is 0 Å². The molecule has 0 fully saturated rings. The second kappa shape index (κ2) is 96.0. The van der Waals surface area contributed by atoms with Crippen LogP contribution in [0.25, 0.3) is 110 Å². The van der Waals surface area contributed by atoms with Crippen LogP contribution in [0.1, 0.15) is 189 Å². The number of aromatic nitrogens is 2. The third-order valence-corrected chi connectivity index (χ3v) is 19.8. The summed E-state index contributed by atoms with van der Waals surface area (Å²) in [5, 5.41) is 5.39. The molecule has 18 rings (SSSR count). The maximum atomic E-state index is 3.32. The van der Waals surface area contributed by atoms with Gasteiger partial charge in [0.25, 0.3) is 0 Å². The van der Waals surface area contributed by atoms with Gasteiger partial charge in [-0.25, -0.2) is 66.8 Å². The van der Waals surface area contributed by atoms with Crippen LogP contribution < -0.4 is 0 Å². The van der Waals surface area contributed by atoms with Gasteiger partial charge in [-0.15, -0.1) is 93.0 Å². The van der Waals surface area contributed by atoms with Crippen molar-refractivity contribution in [2.24, 2.45) is 14.1 Å². The largest absolute Gasteiger partial charge is 0.344 e. The van der Waals surface area contributed by atoms with Gasteiger partial charge in [-0.05, 0) is 43.2 Å². The van der Waals surface area contributed by atoms with Crippen molar-refractivity contribution in [2.45, 2.75) is 208 Å². The Morgan fingerprint density at radius 2 is 0.458 bits per heavy atom. The van der Waals surface area contributed by atoms with E-state index in [-0.39, 0.29) is 393 Å². The van der Waals surface area contributed by atoms with Gasteiger partial charge in [0, 0.05) is 445 Å². The van der Waals surface area contributed by atoms with E-state index in [1.54, 1.807) is 0 Å². The quantitative estimate of drug-likeness (QED) is 0.147. The van der Waals surface area contributed by atoms with Gasteiger partial charge in [0.1, 0.15) is 0 Å². The summed E-state index contributed by atoms with van der Waals surface area (Å²) < 4.78 is 4.54. The van der Waals surface area contributed by atoms with Crippen molar-refractivity contribution in [1.29, 1.82) is 0 Å². The van der Waals surface area contributed by atoms with E-state index in [2.05, 4.69) is 411 Å². The molecule has 0 atom stereocenters. The summed E-state index contributed by atoms with van der Waals surface area (Å²) >= 11 is 0. The van der Waals surface area contributed by atoms with Gasteiger partial charge in [0.05, 0.1) is 5.52 Å². The fraction of sp³-hybridized carbons (Fsp3) is 0.250. The van der Waals surface area contributed by atoms with Gasteiger partial charge in [-0.2, -0.15) is 265 Å². The fourth-order valence-corrected chi connectivity index (χ4v) is 13.5. The number of hydrogen-bond acceptors (Lipinski definition) is 0. The zero-order chi connectivity index (χ0) is 96.6. The van der Waals surface area contributed by atoms with Gasteiger partial charge < -0.3 is 9.13 Å². The van der Waals surface area contributed by atoms with Crippen LogP contribution in [-0.4, -0.2) is 9.13 Å². The smallest absolute Gasteiger partial charge is 0.0518 e. The predicted octanol–water partition coefficient (Wildman–Crippen LogP) is 36.9. The number of aryl methyl sites for hydroxylation is 16. The van der Waals surface area contributed by atoms with E-state index in [0.717, 1.165) is 77.9 Å². The van der Waals surface area contributed by atoms with Crippen LogP contribution in [0.5, 0.6) is 0 Å². The molecular weight excluding hydrogens is 2630 g/mol. The maximum absolute atomic E-state index is 3.32. The summed E-state index contributed by atoms with van der Waals surface area (Å²) in [5.41, 5.74) is 36.2. The Bertz CT molecular complexity index is 6070. The number of nitrogens with zero attached hydrogens (tertiary/aromatic N) is 2. The average Bonchev–Trinajstić information content (AvgIpc) is 1.62. The average molecular weight is 2780 g/mol. The molecule has 0 aliphatic rings. The van der Waals surface area contributed by atoms with E-state index in [9.17, 15) is 0 Å². The molecular formula is C128H146N2Y12-12. The van der Waals surface area contributed by atoms with Gasteiger partial charge >= 0.3 is 0 Å². The minimum atomic E-state index is 0. The summed E-state index contributed by atoms with van der Waals surface area (Å²) in [6.45, 7) is 61.3. The molecule has 0 N–H and O–H groups in total. The predicted molar refractivity (Wildman–Crippen MR) is 575 cm³/mol. The second-order valence-electron chi connectivity index (χ2n) is 29.2. The first-order valence-electron chi connectivity index (χ1n) is 46.8. The number of rotatable bonds is 6. The number of para-hydroxylation sites is 3. The summed E-state index contributed by atoms with van der Waals surface area (Å²) in [6.07, 6.45) is 0. The van der Waals surface area contributed by atoms with Crippen molar-refractivity contribution in [3.8, 4) is 66.8 Å². The zero-order valence-electron chi connectivity index (χ0n) is 91.7. The molecule has 2 aromatic heterocycles. The Morgan fingerprint density at radius 3 is 0.810 bits per heavy atom. The van der Waals surface area contributed by atoms with Crippen molar-refractivity contribution >= 4 is 43.6 Å². The standard InChI is InChI=1S/2C14H13N.6C14H12.8C2H6.12Y/c1-10-6-5-8-12-11-7-3-4-9-13(11)15(2)14(10)12;1-10-7-8-12-11-5-3-4-6-13(11)15(2)14(12)9-10;1-11-3-7-13(8-4-11)14-9-5-12(2)6-10-14;1-11-5-3-7-13(9-11)14-8-4-6-12(2)10-14;1-11-7-3-5-9-13(11)14-10-6-4-8-12(14)2;1-11-6-5-8-13(10-11)14-9-4-3-7-12(14)2;1-11-6-8-13(9-7-11)14-5-3-4-12(2)10-14;1-11-7-9-13(10-8-11)14-6-4-3-5-12(14)2;8*1-2;;;;;;;;;;;;/h2*3-9H,1-2H3;3-7,9H,1-2H3;2*3-8H,1-2H3;3-7,10H,1-2H3;3-4,6-8,10H,1-2H3;3-5,7-9H,1-2H3;8*1-2H3;;;;;;;;;;;;/q;;6*-2;;;;;;;;;;;;;;;;;;;;. The van der Waals surface area contributed by atoms with Crippen molar-refractivity contribution in [1.82, 2.24) is 9.13 Å². The van der Waals surface area contributed by atoms with E-state index in [0.29, 0.717) is 0 Å². The summed E-state index contributed by atoms with van der Waals surface area (Å²) in [5.74, 6) is 0. The number of fused-ring (bicyclic) bond motifs is 6. The molecule has 2 heterocycles. The first-order valence-corrected chi connectivity index (χ1v) is 46.8. The molecule has 142 heavy (non-hydrogen) atoms. The topological polar surface area (TPSA) is 9.86 Å². The zero-order valence-corrected chi connectivity index (χ0v) is 126. The first kappa shape index (κ1) is 162. The molecule has 12 radical (unpaired) electrons. The molecule has 0 saturated heterocycles. The van der Waals surface area contributed by atoms with E-state index >= 15 is 0 Å². The summed E-state index contributed by atoms with van der Waals surface area (Å²) in [7, 11) is 4.27. The number of benzene rings is 16. The van der Waals surface area contributed by atoms with Crippen LogP contribution in [-0.2, 0) is 407 Å². The van der Waals surface area contributed by atoms with Gasteiger partial charge in [0.2, 0.25) is 0 Å². The Kier molecular flexibility index (Phi) is 110. The van der Waals surface area contributed by atoms with E-state index in [1.807, 2.05) is 196 Å². The molecule has 716 valence electrons. The molecule has 0 unspecified atom stereocenters.